The Morgan fingerprint density at radius 3 is 2.86 bits per heavy atom. The third-order valence-electron chi connectivity index (χ3n) is 3.93. The van der Waals surface area contributed by atoms with E-state index in [1.807, 2.05) is 33.2 Å². The second-order valence-corrected chi connectivity index (χ2v) is 5.79. The summed E-state index contributed by atoms with van der Waals surface area (Å²) in [6, 6.07) is 3.72. The standard InChI is InChI=1S/C15H24N4O2/c1-10-4-5-11-13(19(10)15(20)21)7-6-12(14(11)16)17-8-9-18(2)3/h6-7,10,17H,4-5,8-9,16H2,1-3H3,(H,20,21)/t10-/m0/s1. The average molecular weight is 292 g/mol. The van der Waals surface area contributed by atoms with Gasteiger partial charge in [0.15, 0.2) is 0 Å². The minimum absolute atomic E-state index is 0.0121. The number of hydrogen-bond donors (Lipinski definition) is 3. The summed E-state index contributed by atoms with van der Waals surface area (Å²) < 4.78 is 0. The van der Waals surface area contributed by atoms with Gasteiger partial charge in [0.05, 0.1) is 17.1 Å². The van der Waals surface area contributed by atoms with Gasteiger partial charge in [-0.25, -0.2) is 4.79 Å². The third kappa shape index (κ3) is 3.21. The molecule has 0 aromatic heterocycles. The summed E-state index contributed by atoms with van der Waals surface area (Å²) >= 11 is 0. The molecule has 6 nitrogen and oxygen atoms in total. The fraction of sp³-hybridized carbons (Fsp3) is 0.533. The highest BCUT2D eigenvalue weighted by Crippen LogP contribution is 2.38. The highest BCUT2D eigenvalue weighted by atomic mass is 16.4. The number of carbonyl (C=O) groups is 1. The van der Waals surface area contributed by atoms with Crippen LogP contribution in [0.25, 0.3) is 0 Å². The van der Waals surface area contributed by atoms with Crippen LogP contribution in [-0.4, -0.2) is 49.3 Å². The number of likely N-dealkylation sites (N-methyl/N-ethyl adjacent to an activating group) is 1. The molecule has 1 aliphatic rings. The Bertz CT molecular complexity index is 531. The van der Waals surface area contributed by atoms with Crippen molar-refractivity contribution in [1.82, 2.24) is 4.90 Å². The van der Waals surface area contributed by atoms with Gasteiger partial charge in [0.25, 0.3) is 0 Å². The number of anilines is 3. The molecule has 0 spiro atoms. The van der Waals surface area contributed by atoms with Crippen molar-refractivity contribution >= 4 is 23.2 Å². The molecule has 1 heterocycles. The topological polar surface area (TPSA) is 81.8 Å². The molecule has 0 saturated heterocycles. The molecule has 1 aromatic carbocycles. The number of fused-ring (bicyclic) bond motifs is 1. The van der Waals surface area contributed by atoms with Crippen molar-refractivity contribution in [3.63, 3.8) is 0 Å². The lowest BCUT2D eigenvalue weighted by atomic mass is 9.95. The molecule has 0 fully saturated rings. The maximum absolute atomic E-state index is 11.4. The molecule has 1 amide bonds. The Labute approximate surface area is 125 Å². The largest absolute Gasteiger partial charge is 0.465 e. The van der Waals surface area contributed by atoms with Gasteiger partial charge in [-0.15, -0.1) is 0 Å². The first-order chi connectivity index (χ1) is 9.91. The van der Waals surface area contributed by atoms with Gasteiger partial charge >= 0.3 is 6.09 Å². The molecule has 0 bridgehead atoms. The molecular formula is C15H24N4O2. The first-order valence-corrected chi connectivity index (χ1v) is 7.24. The molecule has 4 N–H and O–H groups in total. The number of hydrogen-bond acceptors (Lipinski definition) is 4. The lowest BCUT2D eigenvalue weighted by Gasteiger charge is -2.34. The number of nitrogen functional groups attached to an aromatic ring is 1. The van der Waals surface area contributed by atoms with E-state index in [1.54, 1.807) is 0 Å². The molecule has 1 aromatic rings. The van der Waals surface area contributed by atoms with Gasteiger partial charge in [-0.3, -0.25) is 4.90 Å². The van der Waals surface area contributed by atoms with Gasteiger partial charge in [-0.05, 0) is 46.0 Å². The molecule has 6 heteroatoms. The number of benzene rings is 1. The maximum atomic E-state index is 11.4. The van der Waals surface area contributed by atoms with Crippen LogP contribution in [0.4, 0.5) is 21.9 Å². The number of carboxylic acid groups (broad SMARTS) is 1. The number of nitrogens with one attached hydrogen (secondary N) is 1. The molecule has 0 radical (unpaired) electrons. The predicted molar refractivity (Wildman–Crippen MR) is 86.2 cm³/mol. The Kier molecular flexibility index (Phi) is 4.57. The molecule has 0 unspecified atom stereocenters. The molecule has 21 heavy (non-hydrogen) atoms. The van der Waals surface area contributed by atoms with Gasteiger partial charge in [-0.2, -0.15) is 0 Å². The summed E-state index contributed by atoms with van der Waals surface area (Å²) in [5.41, 5.74) is 9.44. The third-order valence-corrected chi connectivity index (χ3v) is 3.93. The summed E-state index contributed by atoms with van der Waals surface area (Å²) in [5.74, 6) is 0. The summed E-state index contributed by atoms with van der Waals surface area (Å²) in [6.07, 6.45) is 0.691. The van der Waals surface area contributed by atoms with Crippen LogP contribution in [-0.2, 0) is 6.42 Å². The van der Waals surface area contributed by atoms with Gasteiger partial charge < -0.3 is 21.1 Å². The van der Waals surface area contributed by atoms with Gasteiger partial charge in [0.2, 0.25) is 0 Å². The van der Waals surface area contributed by atoms with Crippen molar-refractivity contribution in [3.05, 3.63) is 17.7 Å². The van der Waals surface area contributed by atoms with Crippen molar-refractivity contribution in [1.29, 1.82) is 0 Å². The highest BCUT2D eigenvalue weighted by molar-refractivity contribution is 5.92. The quantitative estimate of drug-likeness (QED) is 0.740. The molecule has 1 atom stereocenters. The Morgan fingerprint density at radius 2 is 2.24 bits per heavy atom. The second-order valence-electron chi connectivity index (χ2n) is 5.79. The molecule has 0 saturated carbocycles. The van der Waals surface area contributed by atoms with E-state index in [2.05, 4.69) is 10.2 Å². The summed E-state index contributed by atoms with van der Waals surface area (Å²) in [6.45, 7) is 3.64. The van der Waals surface area contributed by atoms with E-state index in [0.29, 0.717) is 5.69 Å². The van der Waals surface area contributed by atoms with Gasteiger partial charge in [0, 0.05) is 24.7 Å². The molecule has 0 aliphatic carbocycles. The van der Waals surface area contributed by atoms with Crippen molar-refractivity contribution in [3.8, 4) is 0 Å². The number of nitrogens with zero attached hydrogens (tertiary/aromatic N) is 2. The van der Waals surface area contributed by atoms with Crippen molar-refractivity contribution in [2.24, 2.45) is 0 Å². The first-order valence-electron chi connectivity index (χ1n) is 7.24. The monoisotopic (exact) mass is 292 g/mol. The van der Waals surface area contributed by atoms with Crippen LogP contribution in [0.2, 0.25) is 0 Å². The minimum atomic E-state index is -0.920. The number of rotatable bonds is 4. The van der Waals surface area contributed by atoms with Crippen LogP contribution >= 0.6 is 0 Å². The smallest absolute Gasteiger partial charge is 0.412 e. The zero-order valence-electron chi connectivity index (χ0n) is 12.9. The number of nitrogens with two attached hydrogens (primary N) is 1. The molecular weight excluding hydrogens is 268 g/mol. The van der Waals surface area contributed by atoms with E-state index >= 15 is 0 Å². The molecule has 2 rings (SSSR count). The maximum Gasteiger partial charge on any atom is 0.412 e. The minimum Gasteiger partial charge on any atom is -0.465 e. The Morgan fingerprint density at radius 1 is 1.52 bits per heavy atom. The van der Waals surface area contributed by atoms with E-state index in [4.69, 9.17) is 5.73 Å². The highest BCUT2D eigenvalue weighted by Gasteiger charge is 2.29. The van der Waals surface area contributed by atoms with Crippen molar-refractivity contribution in [2.45, 2.75) is 25.8 Å². The summed E-state index contributed by atoms with van der Waals surface area (Å²) in [4.78, 5) is 14.9. The summed E-state index contributed by atoms with van der Waals surface area (Å²) in [7, 11) is 4.04. The van der Waals surface area contributed by atoms with Gasteiger partial charge in [0.1, 0.15) is 0 Å². The van der Waals surface area contributed by atoms with Crippen molar-refractivity contribution in [2.75, 3.05) is 43.1 Å². The normalized spacial score (nSPS) is 17.7. The average Bonchev–Trinajstić information content (AvgIpc) is 2.40. The van der Waals surface area contributed by atoms with Crippen LogP contribution < -0.4 is 16.0 Å². The van der Waals surface area contributed by atoms with E-state index < -0.39 is 6.09 Å². The Balaban J connectivity index is 2.25. The Hall–Kier alpha value is -1.95. The van der Waals surface area contributed by atoms with Gasteiger partial charge in [-0.1, -0.05) is 0 Å². The molecule has 116 valence electrons. The molecule has 1 aliphatic heterocycles. The fourth-order valence-corrected chi connectivity index (χ4v) is 2.72. The first kappa shape index (κ1) is 15.4. The predicted octanol–water partition coefficient (Wildman–Crippen LogP) is 2.06. The van der Waals surface area contributed by atoms with Crippen LogP contribution in [0, 0.1) is 0 Å². The van der Waals surface area contributed by atoms with E-state index in [-0.39, 0.29) is 6.04 Å². The SMILES string of the molecule is C[C@H]1CCc2c(ccc(NCCN(C)C)c2N)N1C(=O)O. The van der Waals surface area contributed by atoms with E-state index in [0.717, 1.165) is 42.9 Å². The van der Waals surface area contributed by atoms with Crippen LogP contribution in [0.3, 0.4) is 0 Å². The van der Waals surface area contributed by atoms with Crippen LogP contribution in [0.15, 0.2) is 12.1 Å². The lowest BCUT2D eigenvalue weighted by molar-refractivity contribution is 0.198. The number of amides is 1. The van der Waals surface area contributed by atoms with Crippen LogP contribution in [0.1, 0.15) is 18.9 Å². The van der Waals surface area contributed by atoms with E-state index in [1.165, 1.54) is 4.90 Å². The zero-order chi connectivity index (χ0) is 15.6. The van der Waals surface area contributed by atoms with E-state index in [9.17, 15) is 9.90 Å². The second kappa shape index (κ2) is 6.22. The fourth-order valence-electron chi connectivity index (χ4n) is 2.72. The zero-order valence-corrected chi connectivity index (χ0v) is 12.9. The van der Waals surface area contributed by atoms with Crippen molar-refractivity contribution < 1.29 is 9.90 Å². The summed E-state index contributed by atoms with van der Waals surface area (Å²) in [5, 5.41) is 12.7. The lowest BCUT2D eigenvalue weighted by Crippen LogP contribution is -2.41. The van der Waals surface area contributed by atoms with Crippen LogP contribution in [0.5, 0.6) is 0 Å².